The second-order valence-corrected chi connectivity index (χ2v) is 11.9. The summed E-state index contributed by atoms with van der Waals surface area (Å²) >= 11 is 0. The van der Waals surface area contributed by atoms with Crippen molar-refractivity contribution < 1.29 is 27.9 Å². The van der Waals surface area contributed by atoms with E-state index in [1.54, 1.807) is 44.3 Å². The highest BCUT2D eigenvalue weighted by atomic mass is 32.2. The average molecular weight is 582 g/mol. The molecule has 0 radical (unpaired) electrons. The fourth-order valence-corrected chi connectivity index (χ4v) is 6.06. The molecule has 0 spiro atoms. The topological polar surface area (TPSA) is 173 Å². The van der Waals surface area contributed by atoms with Gasteiger partial charge in [0.2, 0.25) is 15.7 Å². The molecule has 41 heavy (non-hydrogen) atoms. The number of nitrogens with one attached hydrogen (secondary N) is 1. The van der Waals surface area contributed by atoms with E-state index >= 15 is 0 Å². The van der Waals surface area contributed by atoms with Gasteiger partial charge in [-0.05, 0) is 54.8 Å². The fourth-order valence-electron chi connectivity index (χ4n) is 4.44. The predicted octanol–water partition coefficient (Wildman–Crippen LogP) is 3.16. The van der Waals surface area contributed by atoms with Gasteiger partial charge in [-0.3, -0.25) is 19.4 Å². The number of carboxylic acid groups (broad SMARTS) is 1. The van der Waals surface area contributed by atoms with E-state index in [4.69, 9.17) is 10.8 Å². The number of sulfone groups is 1. The molecule has 0 aliphatic heterocycles. The number of hydrogen-bond acceptors (Lipinski definition) is 9. The molecule has 1 aromatic carbocycles. The van der Waals surface area contributed by atoms with E-state index in [1.165, 1.54) is 41.6 Å². The lowest BCUT2D eigenvalue weighted by molar-refractivity contribution is -0.135. The number of hydrogen-bond donors (Lipinski definition) is 3. The highest BCUT2D eigenvalue weighted by Crippen LogP contribution is 2.34. The van der Waals surface area contributed by atoms with Crippen LogP contribution in [0.3, 0.4) is 0 Å². The normalized spacial score (nSPS) is 13.6. The number of aromatic nitrogens is 2. The summed E-state index contributed by atoms with van der Waals surface area (Å²) in [5, 5.41) is 11.6. The van der Waals surface area contributed by atoms with Gasteiger partial charge in [0.05, 0.1) is 16.5 Å². The average Bonchev–Trinajstić information content (AvgIpc) is 2.97. The minimum Gasteiger partial charge on any atom is -0.480 e. The molecule has 3 rings (SSSR count). The first-order valence-corrected chi connectivity index (χ1v) is 14.7. The molecule has 0 saturated carbocycles. The van der Waals surface area contributed by atoms with E-state index in [2.05, 4.69) is 15.3 Å². The highest BCUT2D eigenvalue weighted by molar-refractivity contribution is 7.92. The smallest absolute Gasteiger partial charge is 0.322 e. The van der Waals surface area contributed by atoms with Crippen LogP contribution in [0.2, 0.25) is 0 Å². The Morgan fingerprint density at radius 1 is 1.07 bits per heavy atom. The summed E-state index contributed by atoms with van der Waals surface area (Å²) < 4.78 is 27.8. The standard InChI is InChI=1S/C29H35N5O6S/c1-4-8-24(35)23(5-2)28(38)34(3)21-14-12-20(13-15-21)17-29(30,41(39,40)22-9-7-16-31-18-22)25-10-6-11-26(33-25)32-19-27(36)37/h6-7,9-16,18,23H,4-5,8,17,19,30H2,1-3H3,(H,32,33)(H,36,37). The second-order valence-electron chi connectivity index (χ2n) is 9.65. The summed E-state index contributed by atoms with van der Waals surface area (Å²) in [6.07, 6.45) is 3.86. The van der Waals surface area contributed by atoms with Crippen LogP contribution in [-0.2, 0) is 35.5 Å². The van der Waals surface area contributed by atoms with Gasteiger partial charge < -0.3 is 21.1 Å². The summed E-state index contributed by atoms with van der Waals surface area (Å²) in [4.78, 5) is 44.1. The van der Waals surface area contributed by atoms with Crippen molar-refractivity contribution in [2.75, 3.05) is 23.8 Å². The van der Waals surface area contributed by atoms with Crippen LogP contribution in [-0.4, -0.2) is 54.7 Å². The summed E-state index contributed by atoms with van der Waals surface area (Å²) in [5.41, 5.74) is 7.82. The van der Waals surface area contributed by atoms with Crippen molar-refractivity contribution in [3.63, 3.8) is 0 Å². The van der Waals surface area contributed by atoms with Crippen LogP contribution in [0, 0.1) is 5.92 Å². The van der Waals surface area contributed by atoms with Gasteiger partial charge in [-0.1, -0.05) is 32.0 Å². The van der Waals surface area contributed by atoms with Crippen molar-refractivity contribution in [3.8, 4) is 0 Å². The van der Waals surface area contributed by atoms with Gasteiger partial charge in [-0.15, -0.1) is 0 Å². The van der Waals surface area contributed by atoms with Crippen LogP contribution in [0.1, 0.15) is 44.4 Å². The van der Waals surface area contributed by atoms with E-state index in [9.17, 15) is 22.8 Å². The summed E-state index contributed by atoms with van der Waals surface area (Å²) in [7, 11) is -2.67. The number of Topliss-reactive ketones (excluding diaryl/α,β-unsaturated/α-hetero) is 1. The summed E-state index contributed by atoms with van der Waals surface area (Å²) in [6, 6.07) is 14.1. The Kier molecular flexibility index (Phi) is 10.3. The maximum atomic E-state index is 13.9. The predicted molar refractivity (Wildman–Crippen MR) is 155 cm³/mol. The third kappa shape index (κ3) is 7.14. The number of nitrogens with zero attached hydrogens (tertiary/aromatic N) is 3. The molecule has 2 aromatic heterocycles. The lowest BCUT2D eigenvalue weighted by Crippen LogP contribution is -2.47. The second kappa shape index (κ2) is 13.5. The van der Waals surface area contributed by atoms with E-state index in [0.717, 1.165) is 0 Å². The molecule has 1 amide bonds. The van der Waals surface area contributed by atoms with Crippen LogP contribution in [0.5, 0.6) is 0 Å². The molecule has 0 aliphatic rings. The van der Waals surface area contributed by atoms with Crippen LogP contribution >= 0.6 is 0 Å². The maximum absolute atomic E-state index is 13.9. The minimum absolute atomic E-state index is 0.00772. The fraction of sp³-hybridized carbons (Fsp3) is 0.345. The van der Waals surface area contributed by atoms with Crippen molar-refractivity contribution in [2.45, 2.75) is 49.3 Å². The van der Waals surface area contributed by atoms with Crippen molar-refractivity contribution in [3.05, 3.63) is 78.2 Å². The number of carbonyl (C=O) groups excluding carboxylic acids is 2. The van der Waals surface area contributed by atoms with Crippen molar-refractivity contribution >= 4 is 39.0 Å². The number of carboxylic acids is 1. The van der Waals surface area contributed by atoms with Gasteiger partial charge in [0, 0.05) is 38.0 Å². The quantitative estimate of drug-likeness (QED) is 0.240. The number of rotatable bonds is 14. The SMILES string of the molecule is CCCC(=O)C(CC)C(=O)N(C)c1ccc(CC(N)(c2cccc(NCC(=O)O)n2)S(=O)(=O)c2cccnc2)cc1. The lowest BCUT2D eigenvalue weighted by Gasteiger charge is -2.29. The number of pyridine rings is 2. The number of ketones is 1. The maximum Gasteiger partial charge on any atom is 0.322 e. The molecule has 0 bridgehead atoms. The molecule has 11 nitrogen and oxygen atoms in total. The van der Waals surface area contributed by atoms with Crippen molar-refractivity contribution in [1.29, 1.82) is 0 Å². The zero-order valence-electron chi connectivity index (χ0n) is 23.3. The lowest BCUT2D eigenvalue weighted by atomic mass is 9.96. The summed E-state index contributed by atoms with van der Waals surface area (Å²) in [6.45, 7) is 3.28. The number of aliphatic carboxylic acids is 1. The molecular formula is C29H35N5O6S. The van der Waals surface area contributed by atoms with Gasteiger partial charge in [0.15, 0.2) is 4.87 Å². The van der Waals surface area contributed by atoms with E-state index in [-0.39, 0.29) is 34.5 Å². The Balaban J connectivity index is 1.98. The molecular weight excluding hydrogens is 546 g/mol. The van der Waals surface area contributed by atoms with Crippen LogP contribution < -0.4 is 16.0 Å². The Hall–Kier alpha value is -4.16. The number of benzene rings is 1. The molecule has 2 unspecified atom stereocenters. The van der Waals surface area contributed by atoms with Crippen molar-refractivity contribution in [1.82, 2.24) is 9.97 Å². The molecule has 0 aliphatic carbocycles. The van der Waals surface area contributed by atoms with Gasteiger partial charge >= 0.3 is 5.97 Å². The molecule has 12 heteroatoms. The highest BCUT2D eigenvalue weighted by Gasteiger charge is 2.44. The third-order valence-corrected chi connectivity index (χ3v) is 8.91. The van der Waals surface area contributed by atoms with E-state index in [1.807, 2.05) is 6.92 Å². The van der Waals surface area contributed by atoms with Gasteiger partial charge in [-0.2, -0.15) is 0 Å². The number of nitrogens with two attached hydrogens (primary N) is 1. The first-order valence-electron chi connectivity index (χ1n) is 13.2. The zero-order chi connectivity index (χ0) is 30.2. The largest absolute Gasteiger partial charge is 0.480 e. The Labute approximate surface area is 239 Å². The molecule has 3 aromatic rings. The molecule has 4 N–H and O–H groups in total. The Bertz CT molecular complexity index is 1480. The molecule has 0 fully saturated rings. The summed E-state index contributed by atoms with van der Waals surface area (Å²) in [5.74, 6) is -2.08. The molecule has 218 valence electrons. The molecule has 2 heterocycles. The van der Waals surface area contributed by atoms with Gasteiger partial charge in [0.25, 0.3) is 0 Å². The van der Waals surface area contributed by atoms with Crippen molar-refractivity contribution in [2.24, 2.45) is 11.7 Å². The number of anilines is 2. The van der Waals surface area contributed by atoms with Gasteiger partial charge in [0.1, 0.15) is 18.1 Å². The molecule has 0 saturated heterocycles. The van der Waals surface area contributed by atoms with Crippen LogP contribution in [0.15, 0.2) is 71.9 Å². The first kappa shape index (κ1) is 31.4. The van der Waals surface area contributed by atoms with Crippen LogP contribution in [0.4, 0.5) is 11.5 Å². The minimum atomic E-state index is -4.26. The number of carbonyl (C=O) groups is 3. The zero-order valence-corrected chi connectivity index (χ0v) is 24.1. The first-order chi connectivity index (χ1) is 19.4. The molecule has 2 atom stereocenters. The number of amides is 1. The van der Waals surface area contributed by atoms with Crippen LogP contribution in [0.25, 0.3) is 0 Å². The monoisotopic (exact) mass is 581 g/mol. The van der Waals surface area contributed by atoms with E-state index < -0.39 is 33.1 Å². The van der Waals surface area contributed by atoms with Gasteiger partial charge in [-0.25, -0.2) is 13.4 Å². The van der Waals surface area contributed by atoms with E-state index in [0.29, 0.717) is 30.5 Å². The Morgan fingerprint density at radius 3 is 2.37 bits per heavy atom. The Morgan fingerprint density at radius 2 is 1.78 bits per heavy atom. The third-order valence-electron chi connectivity index (χ3n) is 6.74.